The quantitative estimate of drug-likeness (QED) is 0.201. The molecule has 0 radical (unpaired) electrons. The summed E-state index contributed by atoms with van der Waals surface area (Å²) in [5.74, 6) is 0. The molecule has 1 aliphatic heterocycles. The van der Waals surface area contributed by atoms with Crippen molar-refractivity contribution < 1.29 is 8.83 Å². The second kappa shape index (κ2) is 10.2. The average molecular weight is 604 g/mol. The minimum Gasteiger partial charge on any atom is -0.456 e. The van der Waals surface area contributed by atoms with Crippen molar-refractivity contribution >= 4 is 49.6 Å². The van der Waals surface area contributed by atoms with Crippen LogP contribution in [0.3, 0.4) is 0 Å². The monoisotopic (exact) mass is 603 g/mol. The van der Waals surface area contributed by atoms with Crippen LogP contribution in [0.1, 0.15) is 11.1 Å². The van der Waals surface area contributed by atoms with E-state index in [9.17, 15) is 0 Å². The topological polar surface area (TPSA) is 29.5 Å². The molecule has 7 aromatic carbocycles. The van der Waals surface area contributed by atoms with E-state index in [4.69, 9.17) is 8.83 Å². The summed E-state index contributed by atoms with van der Waals surface area (Å²) in [6.07, 6.45) is 0. The smallest absolute Gasteiger partial charge is 0.136 e. The molecular weight excluding hydrogens is 574 g/mol. The molecule has 0 bridgehead atoms. The maximum absolute atomic E-state index is 6.26. The summed E-state index contributed by atoms with van der Waals surface area (Å²) in [5, 5.41) is 4.62. The number of hydrogen-bond donors (Lipinski definition) is 0. The van der Waals surface area contributed by atoms with E-state index in [0.717, 1.165) is 57.1 Å². The molecular formula is C44H29NO2. The van der Waals surface area contributed by atoms with Crippen molar-refractivity contribution in [1.82, 2.24) is 0 Å². The zero-order valence-corrected chi connectivity index (χ0v) is 25.6. The fraction of sp³-hybridized carbons (Fsp3) is 0.0455. The predicted molar refractivity (Wildman–Crippen MR) is 194 cm³/mol. The van der Waals surface area contributed by atoms with E-state index in [1.54, 1.807) is 0 Å². The Morgan fingerprint density at radius 3 is 1.94 bits per heavy atom. The van der Waals surface area contributed by atoms with Gasteiger partial charge in [-0.3, -0.25) is 0 Å². The normalized spacial score (nSPS) is 12.9. The van der Waals surface area contributed by atoms with Crippen molar-refractivity contribution in [3.63, 3.8) is 0 Å². The van der Waals surface area contributed by atoms with Crippen LogP contribution in [0.5, 0.6) is 0 Å². The molecule has 3 nitrogen and oxygen atoms in total. The second-order valence-electron chi connectivity index (χ2n) is 12.5. The van der Waals surface area contributed by atoms with Gasteiger partial charge in [-0.25, -0.2) is 0 Å². The number of nitrogens with zero attached hydrogens (tertiary/aromatic N) is 1. The number of para-hydroxylation sites is 3. The van der Waals surface area contributed by atoms with Gasteiger partial charge in [0.2, 0.25) is 0 Å². The lowest BCUT2D eigenvalue weighted by Crippen LogP contribution is -2.20. The van der Waals surface area contributed by atoms with E-state index in [1.165, 1.54) is 50.0 Å². The van der Waals surface area contributed by atoms with Gasteiger partial charge in [0.25, 0.3) is 0 Å². The standard InChI is InChI=1S/C44H29NO2/c1-2-9-33(10-3-1)45-26-31-18-17-28(29-19-22-37-36-11-4-6-14-40(36)47-43(37)25-29)24-39(31)34-21-20-30(23-32(34)27-45)35-13-8-16-42-44(35)38-12-5-7-15-41(38)46-42/h1-25H,26-27H2. The van der Waals surface area contributed by atoms with Gasteiger partial charge in [0.05, 0.1) is 0 Å². The van der Waals surface area contributed by atoms with Crippen LogP contribution < -0.4 is 4.90 Å². The number of benzene rings is 7. The number of fused-ring (bicyclic) bond motifs is 9. The molecule has 3 heterocycles. The third-order valence-corrected chi connectivity index (χ3v) is 9.77. The van der Waals surface area contributed by atoms with Crippen molar-refractivity contribution in [2.45, 2.75) is 13.1 Å². The third kappa shape index (κ3) is 4.20. The summed E-state index contributed by atoms with van der Waals surface area (Å²) in [6, 6.07) is 54.3. The number of anilines is 1. The first-order valence-electron chi connectivity index (χ1n) is 16.2. The Bertz CT molecular complexity index is 2640. The lowest BCUT2D eigenvalue weighted by Gasteiger charge is -2.24. The summed E-state index contributed by atoms with van der Waals surface area (Å²) in [4.78, 5) is 2.49. The molecule has 0 unspecified atom stereocenters. The van der Waals surface area contributed by atoms with Gasteiger partial charge in [0, 0.05) is 40.3 Å². The Morgan fingerprint density at radius 2 is 1.04 bits per heavy atom. The second-order valence-corrected chi connectivity index (χ2v) is 12.5. The minimum atomic E-state index is 0.810. The van der Waals surface area contributed by atoms with E-state index < -0.39 is 0 Å². The Morgan fingerprint density at radius 1 is 0.383 bits per heavy atom. The Balaban J connectivity index is 1.14. The Kier molecular flexibility index (Phi) is 5.70. The van der Waals surface area contributed by atoms with Gasteiger partial charge in [-0.05, 0) is 99.1 Å². The van der Waals surface area contributed by atoms with Crippen LogP contribution in [0.15, 0.2) is 160 Å². The van der Waals surface area contributed by atoms with Crippen molar-refractivity contribution in [1.29, 1.82) is 0 Å². The predicted octanol–water partition coefficient (Wildman–Crippen LogP) is 12.0. The molecule has 222 valence electrons. The van der Waals surface area contributed by atoms with Crippen molar-refractivity contribution in [3.8, 4) is 33.4 Å². The Labute approximate surface area is 271 Å². The summed E-state index contributed by atoms with van der Waals surface area (Å²) >= 11 is 0. The van der Waals surface area contributed by atoms with E-state index in [2.05, 4.69) is 132 Å². The summed E-state index contributed by atoms with van der Waals surface area (Å²) in [7, 11) is 0. The van der Waals surface area contributed by atoms with Gasteiger partial charge in [0.15, 0.2) is 0 Å². The van der Waals surface area contributed by atoms with Gasteiger partial charge in [0.1, 0.15) is 22.3 Å². The SMILES string of the molecule is c1ccc(N2Cc3cc(-c4cccc5oc6ccccc6c45)ccc3-c3cc(-c4ccc5c(c4)oc4ccccc45)ccc3C2)cc1. The van der Waals surface area contributed by atoms with E-state index in [1.807, 2.05) is 24.3 Å². The molecule has 47 heavy (non-hydrogen) atoms. The zero-order valence-electron chi connectivity index (χ0n) is 25.6. The third-order valence-electron chi connectivity index (χ3n) is 9.77. The van der Waals surface area contributed by atoms with Crippen molar-refractivity contribution in [3.05, 3.63) is 163 Å². The highest BCUT2D eigenvalue weighted by atomic mass is 16.3. The van der Waals surface area contributed by atoms with Gasteiger partial charge in [-0.2, -0.15) is 0 Å². The highest BCUT2D eigenvalue weighted by molar-refractivity contribution is 6.12. The summed E-state index contributed by atoms with van der Waals surface area (Å²) < 4.78 is 12.5. The number of furan rings is 2. The molecule has 0 fully saturated rings. The first-order valence-corrected chi connectivity index (χ1v) is 16.2. The van der Waals surface area contributed by atoms with Crippen molar-refractivity contribution in [2.24, 2.45) is 0 Å². The Hall–Kier alpha value is -6.06. The zero-order chi connectivity index (χ0) is 30.9. The van der Waals surface area contributed by atoms with Crippen LogP contribution in [0, 0.1) is 0 Å². The molecule has 9 aromatic rings. The molecule has 0 N–H and O–H groups in total. The molecule has 0 saturated carbocycles. The first-order chi connectivity index (χ1) is 23.3. The maximum Gasteiger partial charge on any atom is 0.136 e. The first kappa shape index (κ1) is 26.2. The molecule has 1 aliphatic rings. The molecule has 3 heteroatoms. The van der Waals surface area contributed by atoms with Crippen LogP contribution in [-0.2, 0) is 13.1 Å². The van der Waals surface area contributed by atoms with Crippen molar-refractivity contribution in [2.75, 3.05) is 4.90 Å². The fourth-order valence-corrected chi connectivity index (χ4v) is 7.51. The van der Waals surface area contributed by atoms with E-state index >= 15 is 0 Å². The molecule has 0 atom stereocenters. The minimum absolute atomic E-state index is 0.810. The molecule has 2 aromatic heterocycles. The van der Waals surface area contributed by atoms with Crippen LogP contribution in [0.4, 0.5) is 5.69 Å². The summed E-state index contributed by atoms with van der Waals surface area (Å²) in [6.45, 7) is 1.64. The van der Waals surface area contributed by atoms with Gasteiger partial charge >= 0.3 is 0 Å². The maximum atomic E-state index is 6.26. The van der Waals surface area contributed by atoms with Gasteiger partial charge < -0.3 is 13.7 Å². The molecule has 0 saturated heterocycles. The molecule has 0 aliphatic carbocycles. The highest BCUT2D eigenvalue weighted by Crippen LogP contribution is 2.42. The average Bonchev–Trinajstić information content (AvgIpc) is 3.65. The van der Waals surface area contributed by atoms with Crippen LogP contribution in [0.2, 0.25) is 0 Å². The van der Waals surface area contributed by atoms with E-state index in [0.29, 0.717) is 0 Å². The largest absolute Gasteiger partial charge is 0.456 e. The summed E-state index contributed by atoms with van der Waals surface area (Å²) in [5.41, 5.74) is 14.8. The van der Waals surface area contributed by atoms with Gasteiger partial charge in [-0.15, -0.1) is 0 Å². The van der Waals surface area contributed by atoms with Crippen LogP contribution >= 0.6 is 0 Å². The van der Waals surface area contributed by atoms with Crippen LogP contribution in [0.25, 0.3) is 77.3 Å². The lowest BCUT2D eigenvalue weighted by molar-refractivity contribution is 0.668. The van der Waals surface area contributed by atoms with E-state index in [-0.39, 0.29) is 0 Å². The number of rotatable bonds is 3. The number of hydrogen-bond acceptors (Lipinski definition) is 3. The fourth-order valence-electron chi connectivity index (χ4n) is 7.51. The molecule has 0 amide bonds. The molecule has 0 spiro atoms. The highest BCUT2D eigenvalue weighted by Gasteiger charge is 2.22. The molecule has 10 rings (SSSR count). The lowest BCUT2D eigenvalue weighted by atomic mass is 9.90. The van der Waals surface area contributed by atoms with Crippen LogP contribution in [-0.4, -0.2) is 0 Å². The van der Waals surface area contributed by atoms with Gasteiger partial charge in [-0.1, -0.05) is 97.1 Å².